The number of rotatable bonds is 3. The van der Waals surface area contributed by atoms with Gasteiger partial charge in [-0.2, -0.15) is 0 Å². The molecule has 0 aliphatic carbocycles. The van der Waals surface area contributed by atoms with E-state index in [9.17, 15) is 4.79 Å². The van der Waals surface area contributed by atoms with Crippen molar-refractivity contribution in [3.8, 4) is 0 Å². The Balaban J connectivity index is 1.84. The lowest BCUT2D eigenvalue weighted by atomic mass is 10.2. The van der Waals surface area contributed by atoms with Crippen LogP contribution in [0.2, 0.25) is 0 Å². The molecule has 1 aliphatic heterocycles. The van der Waals surface area contributed by atoms with Gasteiger partial charge >= 0.3 is 0 Å². The van der Waals surface area contributed by atoms with Crippen LogP contribution in [0.4, 0.5) is 5.69 Å². The summed E-state index contributed by atoms with van der Waals surface area (Å²) >= 11 is 6.67. The zero-order valence-corrected chi connectivity index (χ0v) is 13.1. The number of thioether (sulfide) groups is 2. The fraction of sp³-hybridized carbons (Fsp3) is 0.333. The van der Waals surface area contributed by atoms with Gasteiger partial charge in [-0.25, -0.2) is 0 Å². The molecule has 1 heterocycles. The Morgan fingerprint density at radius 3 is 3.11 bits per heavy atom. The van der Waals surface area contributed by atoms with Crippen LogP contribution in [-0.4, -0.2) is 28.3 Å². The summed E-state index contributed by atoms with van der Waals surface area (Å²) in [6.45, 7) is 2.87. The molecule has 0 spiro atoms. The molecule has 18 heavy (non-hydrogen) atoms. The van der Waals surface area contributed by atoms with Gasteiger partial charge in [0.25, 0.3) is 0 Å². The minimum absolute atomic E-state index is 0.0110. The van der Waals surface area contributed by atoms with E-state index < -0.39 is 0 Å². The highest BCUT2D eigenvalue weighted by Crippen LogP contribution is 2.23. The van der Waals surface area contributed by atoms with Crippen molar-refractivity contribution in [3.05, 3.63) is 28.2 Å². The summed E-state index contributed by atoms with van der Waals surface area (Å²) in [6.07, 6.45) is 0. The third-order valence-electron chi connectivity index (χ3n) is 2.33. The van der Waals surface area contributed by atoms with E-state index in [0.29, 0.717) is 5.75 Å². The van der Waals surface area contributed by atoms with E-state index in [-0.39, 0.29) is 5.91 Å². The first-order valence-electron chi connectivity index (χ1n) is 5.51. The average molecular weight is 345 g/mol. The Bertz CT molecular complexity index is 491. The van der Waals surface area contributed by atoms with Crippen LogP contribution < -0.4 is 5.32 Å². The molecule has 0 unspecified atom stereocenters. The monoisotopic (exact) mass is 344 g/mol. The third-order valence-corrected chi connectivity index (χ3v) is 5.47. The van der Waals surface area contributed by atoms with E-state index in [1.807, 2.05) is 25.1 Å². The van der Waals surface area contributed by atoms with Crippen LogP contribution in [-0.2, 0) is 4.79 Å². The lowest BCUT2D eigenvalue weighted by Crippen LogP contribution is -2.14. The summed E-state index contributed by atoms with van der Waals surface area (Å²) in [5, 5.41) is 2.89. The fourth-order valence-corrected chi connectivity index (χ4v) is 3.51. The van der Waals surface area contributed by atoms with E-state index in [0.717, 1.165) is 32.4 Å². The highest BCUT2D eigenvalue weighted by molar-refractivity contribution is 9.10. The van der Waals surface area contributed by atoms with Gasteiger partial charge in [0.1, 0.15) is 4.38 Å². The summed E-state index contributed by atoms with van der Waals surface area (Å²) in [5.74, 6) is 1.47. The van der Waals surface area contributed by atoms with Gasteiger partial charge in [0, 0.05) is 15.9 Å². The molecular weight excluding hydrogens is 332 g/mol. The molecular formula is C12H13BrN2OS2. The number of aryl methyl sites for hydroxylation is 1. The molecule has 0 saturated carbocycles. The first kappa shape index (κ1) is 14.0. The zero-order chi connectivity index (χ0) is 13.0. The molecule has 1 amide bonds. The number of benzene rings is 1. The van der Waals surface area contributed by atoms with Crippen molar-refractivity contribution < 1.29 is 4.79 Å². The summed E-state index contributed by atoms with van der Waals surface area (Å²) in [6, 6.07) is 5.78. The van der Waals surface area contributed by atoms with Crippen molar-refractivity contribution in [1.29, 1.82) is 0 Å². The van der Waals surface area contributed by atoms with Crippen molar-refractivity contribution in [2.45, 2.75) is 6.92 Å². The molecule has 0 aromatic heterocycles. The van der Waals surface area contributed by atoms with Crippen LogP contribution in [0.5, 0.6) is 0 Å². The lowest BCUT2D eigenvalue weighted by molar-refractivity contribution is -0.113. The number of hydrogen-bond donors (Lipinski definition) is 1. The molecule has 0 atom stereocenters. The fourth-order valence-electron chi connectivity index (χ4n) is 1.45. The highest BCUT2D eigenvalue weighted by Gasteiger charge is 2.10. The van der Waals surface area contributed by atoms with Crippen LogP contribution in [0.15, 0.2) is 27.7 Å². The first-order valence-corrected chi connectivity index (χ1v) is 8.27. The van der Waals surface area contributed by atoms with Crippen molar-refractivity contribution in [2.75, 3.05) is 23.4 Å². The number of aliphatic imine (C=N–C) groups is 1. The topological polar surface area (TPSA) is 41.5 Å². The predicted octanol–water partition coefficient (Wildman–Crippen LogP) is 3.53. The summed E-state index contributed by atoms with van der Waals surface area (Å²) in [5.41, 5.74) is 1.94. The van der Waals surface area contributed by atoms with Gasteiger partial charge in [-0.05, 0) is 30.7 Å². The lowest BCUT2D eigenvalue weighted by Gasteiger charge is -2.06. The highest BCUT2D eigenvalue weighted by atomic mass is 79.9. The largest absolute Gasteiger partial charge is 0.325 e. The Morgan fingerprint density at radius 2 is 2.44 bits per heavy atom. The van der Waals surface area contributed by atoms with Crippen molar-refractivity contribution >= 4 is 55.4 Å². The number of carbonyl (C=O) groups excluding carboxylic acids is 1. The molecule has 6 heteroatoms. The summed E-state index contributed by atoms with van der Waals surface area (Å²) in [7, 11) is 0. The number of halogens is 1. The molecule has 0 fully saturated rings. The maximum atomic E-state index is 11.8. The van der Waals surface area contributed by atoms with Gasteiger partial charge < -0.3 is 5.32 Å². The summed E-state index contributed by atoms with van der Waals surface area (Å²) in [4.78, 5) is 16.1. The van der Waals surface area contributed by atoms with Crippen LogP contribution in [0.1, 0.15) is 5.56 Å². The smallest absolute Gasteiger partial charge is 0.234 e. The van der Waals surface area contributed by atoms with Gasteiger partial charge in [0.05, 0.1) is 12.3 Å². The van der Waals surface area contributed by atoms with Gasteiger partial charge in [-0.3, -0.25) is 9.79 Å². The standard InChI is InChI=1S/C12H13BrN2OS2/c1-8-6-9(2-3-10(8)13)15-11(16)7-18-12-14-4-5-17-12/h2-3,6H,4-5,7H2,1H3,(H,15,16). The molecule has 0 radical (unpaired) electrons. The van der Waals surface area contributed by atoms with Crippen LogP contribution in [0.25, 0.3) is 0 Å². The first-order chi connectivity index (χ1) is 8.65. The molecule has 2 rings (SSSR count). The summed E-state index contributed by atoms with van der Waals surface area (Å²) < 4.78 is 2.07. The number of amides is 1. The second-order valence-electron chi connectivity index (χ2n) is 3.80. The quantitative estimate of drug-likeness (QED) is 0.911. The third kappa shape index (κ3) is 4.03. The van der Waals surface area contributed by atoms with Gasteiger partial charge in [-0.1, -0.05) is 39.5 Å². The maximum Gasteiger partial charge on any atom is 0.234 e. The minimum Gasteiger partial charge on any atom is -0.325 e. The van der Waals surface area contributed by atoms with Crippen LogP contribution in [0.3, 0.4) is 0 Å². The molecule has 0 bridgehead atoms. The second-order valence-corrected chi connectivity index (χ2v) is 6.96. The van der Waals surface area contributed by atoms with Gasteiger partial charge in [0.2, 0.25) is 5.91 Å². The normalized spacial score (nSPS) is 14.4. The zero-order valence-electron chi connectivity index (χ0n) is 9.90. The van der Waals surface area contributed by atoms with E-state index in [2.05, 4.69) is 26.2 Å². The Kier molecular flexibility index (Phi) is 5.14. The number of nitrogens with zero attached hydrogens (tertiary/aromatic N) is 1. The number of hydrogen-bond acceptors (Lipinski definition) is 4. The van der Waals surface area contributed by atoms with E-state index >= 15 is 0 Å². The molecule has 96 valence electrons. The number of nitrogens with one attached hydrogen (secondary N) is 1. The van der Waals surface area contributed by atoms with E-state index in [1.54, 1.807) is 11.8 Å². The second kappa shape index (κ2) is 6.63. The molecule has 1 aromatic carbocycles. The van der Waals surface area contributed by atoms with Crippen molar-refractivity contribution in [1.82, 2.24) is 0 Å². The Morgan fingerprint density at radius 1 is 1.61 bits per heavy atom. The predicted molar refractivity (Wildman–Crippen MR) is 84.7 cm³/mol. The van der Waals surface area contributed by atoms with Gasteiger partial charge in [0.15, 0.2) is 0 Å². The van der Waals surface area contributed by atoms with Crippen LogP contribution in [0, 0.1) is 6.92 Å². The van der Waals surface area contributed by atoms with E-state index in [4.69, 9.17) is 0 Å². The molecule has 3 nitrogen and oxygen atoms in total. The SMILES string of the molecule is Cc1cc(NC(=O)CSC2=NCCS2)ccc1Br. The maximum absolute atomic E-state index is 11.8. The van der Waals surface area contributed by atoms with E-state index in [1.165, 1.54) is 11.8 Å². The molecule has 1 N–H and O–H groups in total. The molecule has 0 saturated heterocycles. The minimum atomic E-state index is 0.0110. The van der Waals surface area contributed by atoms with Crippen molar-refractivity contribution in [2.24, 2.45) is 4.99 Å². The number of anilines is 1. The average Bonchev–Trinajstić information content (AvgIpc) is 2.84. The Hall–Kier alpha value is -0.460. The van der Waals surface area contributed by atoms with Crippen LogP contribution >= 0.6 is 39.5 Å². The molecule has 1 aromatic rings. The number of carbonyl (C=O) groups is 1. The Labute approximate surface area is 123 Å². The van der Waals surface area contributed by atoms with Crippen molar-refractivity contribution in [3.63, 3.8) is 0 Å². The van der Waals surface area contributed by atoms with Gasteiger partial charge in [-0.15, -0.1) is 0 Å². The molecule has 1 aliphatic rings.